The van der Waals surface area contributed by atoms with Crippen LogP contribution in [0.25, 0.3) is 0 Å². The number of unbranched alkanes of at least 4 members (excludes halogenated alkanes) is 11. The van der Waals surface area contributed by atoms with E-state index in [-0.39, 0.29) is 18.0 Å². The van der Waals surface area contributed by atoms with Crippen LogP contribution in [0.1, 0.15) is 136 Å². The fraction of sp³-hybridized carbons (Fsp3) is 0.727. The zero-order chi connectivity index (χ0) is 29.7. The summed E-state index contributed by atoms with van der Waals surface area (Å²) in [5, 5.41) is 11.8. The molecule has 0 aromatic heterocycles. The van der Waals surface area contributed by atoms with Gasteiger partial charge in [-0.15, -0.1) is 0 Å². The first-order chi connectivity index (χ1) is 19.4. The number of hydrogen-bond acceptors (Lipinski definition) is 5. The van der Waals surface area contributed by atoms with Gasteiger partial charge in [0.05, 0.1) is 0 Å². The van der Waals surface area contributed by atoms with E-state index < -0.39 is 12.0 Å². The number of esters is 1. The molecule has 0 saturated carbocycles. The van der Waals surface area contributed by atoms with E-state index in [0.717, 1.165) is 44.9 Å². The first-order valence-electron chi connectivity index (χ1n) is 15.8. The SMILES string of the molecule is CC/C=C\C/C=C\C(/C=C\CCCCCC(=O)NC(CCCN)C(=O)O)OC(=O)CCCCCCCCCCC. The lowest BCUT2D eigenvalue weighted by atomic mass is 10.1. The van der Waals surface area contributed by atoms with Crippen LogP contribution in [-0.2, 0) is 19.1 Å². The smallest absolute Gasteiger partial charge is 0.326 e. The fourth-order valence-electron chi connectivity index (χ4n) is 4.29. The number of carbonyl (C=O) groups is 3. The summed E-state index contributed by atoms with van der Waals surface area (Å²) >= 11 is 0. The summed E-state index contributed by atoms with van der Waals surface area (Å²) in [5.41, 5.74) is 5.44. The summed E-state index contributed by atoms with van der Waals surface area (Å²) in [6, 6.07) is -0.871. The van der Waals surface area contributed by atoms with Gasteiger partial charge in [-0.1, -0.05) is 95.9 Å². The molecule has 2 unspecified atom stereocenters. The van der Waals surface area contributed by atoms with Crippen LogP contribution < -0.4 is 11.1 Å². The maximum absolute atomic E-state index is 12.4. The van der Waals surface area contributed by atoms with Gasteiger partial charge in [0.25, 0.3) is 0 Å². The van der Waals surface area contributed by atoms with Crippen molar-refractivity contribution in [2.75, 3.05) is 6.54 Å². The summed E-state index contributed by atoms with van der Waals surface area (Å²) in [7, 11) is 0. The molecular weight excluding hydrogens is 504 g/mol. The quantitative estimate of drug-likeness (QED) is 0.0540. The van der Waals surface area contributed by atoms with Crippen LogP contribution in [0.15, 0.2) is 36.5 Å². The lowest BCUT2D eigenvalue weighted by molar-refractivity contribution is -0.145. The molecule has 230 valence electrons. The highest BCUT2D eigenvalue weighted by atomic mass is 16.5. The van der Waals surface area contributed by atoms with Crippen molar-refractivity contribution in [3.63, 3.8) is 0 Å². The molecule has 0 aromatic rings. The molecule has 0 fully saturated rings. The number of carbonyl (C=O) groups excluding carboxylic acids is 2. The molecule has 0 bridgehead atoms. The van der Waals surface area contributed by atoms with Crippen LogP contribution >= 0.6 is 0 Å². The van der Waals surface area contributed by atoms with Crippen molar-refractivity contribution in [1.29, 1.82) is 0 Å². The Kier molecular flexibility index (Phi) is 26.4. The minimum Gasteiger partial charge on any atom is -0.480 e. The van der Waals surface area contributed by atoms with Crippen molar-refractivity contribution in [2.24, 2.45) is 5.73 Å². The van der Waals surface area contributed by atoms with Gasteiger partial charge in [0.1, 0.15) is 12.1 Å². The summed E-state index contributed by atoms with van der Waals surface area (Å²) in [5.74, 6) is -1.41. The molecule has 0 aliphatic rings. The van der Waals surface area contributed by atoms with Gasteiger partial charge in [0, 0.05) is 12.8 Å². The van der Waals surface area contributed by atoms with E-state index in [4.69, 9.17) is 10.5 Å². The predicted octanol–water partition coefficient (Wildman–Crippen LogP) is 7.55. The Morgan fingerprint density at radius 1 is 0.775 bits per heavy atom. The third-order valence-corrected chi connectivity index (χ3v) is 6.68. The van der Waals surface area contributed by atoms with E-state index in [9.17, 15) is 19.5 Å². The van der Waals surface area contributed by atoms with Crippen molar-refractivity contribution >= 4 is 17.8 Å². The lowest BCUT2D eigenvalue weighted by Crippen LogP contribution is -2.40. The number of aliphatic carboxylic acids is 1. The molecule has 7 heteroatoms. The highest BCUT2D eigenvalue weighted by Crippen LogP contribution is 2.12. The molecule has 0 rings (SSSR count). The number of nitrogens with one attached hydrogen (secondary N) is 1. The molecule has 0 aliphatic heterocycles. The number of hydrogen-bond donors (Lipinski definition) is 3. The third-order valence-electron chi connectivity index (χ3n) is 6.68. The van der Waals surface area contributed by atoms with Crippen LogP contribution in [0, 0.1) is 0 Å². The third kappa shape index (κ3) is 24.6. The van der Waals surface area contributed by atoms with E-state index in [2.05, 4.69) is 31.3 Å². The van der Waals surface area contributed by atoms with Gasteiger partial charge in [0.15, 0.2) is 0 Å². The number of carboxylic acids is 1. The molecule has 1 amide bonds. The maximum atomic E-state index is 12.4. The maximum Gasteiger partial charge on any atom is 0.326 e. The molecule has 7 nitrogen and oxygen atoms in total. The molecule has 4 N–H and O–H groups in total. The molecule has 0 heterocycles. The lowest BCUT2D eigenvalue weighted by Gasteiger charge is -2.13. The van der Waals surface area contributed by atoms with Crippen LogP contribution in [0.3, 0.4) is 0 Å². The number of nitrogens with two attached hydrogens (primary N) is 1. The average Bonchev–Trinajstić information content (AvgIpc) is 2.93. The van der Waals surface area contributed by atoms with Crippen LogP contribution in [0.5, 0.6) is 0 Å². The second kappa shape index (κ2) is 28.1. The molecule has 0 spiro atoms. The minimum absolute atomic E-state index is 0.150. The first kappa shape index (κ1) is 37.6. The van der Waals surface area contributed by atoms with E-state index >= 15 is 0 Å². The van der Waals surface area contributed by atoms with E-state index in [1.807, 2.05) is 24.3 Å². The van der Waals surface area contributed by atoms with Gasteiger partial charge in [0.2, 0.25) is 5.91 Å². The molecular formula is C33H58N2O5. The molecule has 0 saturated heterocycles. The number of ether oxygens (including phenoxy) is 1. The summed E-state index contributed by atoms with van der Waals surface area (Å²) in [6.45, 7) is 4.74. The standard InChI is InChI=1S/C33H58N2O5/c1-3-5-7-9-10-11-12-17-21-27-32(37)40-29(23-18-14-8-6-4-2)24-19-15-13-16-20-26-31(36)35-30(33(38)39)25-22-28-34/h6,8,18-19,23-24,29-30H,3-5,7,9-17,20-22,25-28,34H2,1-2H3,(H,35,36)(H,38,39)/b8-6-,23-18-,24-19-. The first-order valence-corrected chi connectivity index (χ1v) is 15.8. The topological polar surface area (TPSA) is 119 Å². The summed E-state index contributed by atoms with van der Waals surface area (Å²) in [6.07, 6.45) is 29.5. The number of amides is 1. The molecule has 0 radical (unpaired) electrons. The normalized spacial score (nSPS) is 13.3. The van der Waals surface area contributed by atoms with Crippen molar-refractivity contribution in [3.05, 3.63) is 36.5 Å². The van der Waals surface area contributed by atoms with Crippen molar-refractivity contribution in [2.45, 2.75) is 148 Å². The van der Waals surface area contributed by atoms with Crippen molar-refractivity contribution < 1.29 is 24.2 Å². The van der Waals surface area contributed by atoms with E-state index in [1.165, 1.54) is 44.9 Å². The Labute approximate surface area is 244 Å². The van der Waals surface area contributed by atoms with Crippen LogP contribution in [-0.4, -0.2) is 41.6 Å². The summed E-state index contributed by atoms with van der Waals surface area (Å²) in [4.78, 5) is 35.7. The second-order valence-electron chi connectivity index (χ2n) is 10.5. The van der Waals surface area contributed by atoms with Gasteiger partial charge >= 0.3 is 11.9 Å². The second-order valence-corrected chi connectivity index (χ2v) is 10.5. The highest BCUT2D eigenvalue weighted by molar-refractivity contribution is 5.83. The number of rotatable bonds is 27. The van der Waals surface area contributed by atoms with Gasteiger partial charge < -0.3 is 20.9 Å². The van der Waals surface area contributed by atoms with E-state index in [1.54, 1.807) is 0 Å². The highest BCUT2D eigenvalue weighted by Gasteiger charge is 2.18. The Balaban J connectivity index is 4.36. The van der Waals surface area contributed by atoms with Crippen molar-refractivity contribution in [1.82, 2.24) is 5.32 Å². The van der Waals surface area contributed by atoms with Crippen molar-refractivity contribution in [3.8, 4) is 0 Å². The van der Waals surface area contributed by atoms with Crippen LogP contribution in [0.2, 0.25) is 0 Å². The van der Waals surface area contributed by atoms with Gasteiger partial charge in [-0.05, 0) is 70.1 Å². The van der Waals surface area contributed by atoms with Crippen LogP contribution in [0.4, 0.5) is 0 Å². The van der Waals surface area contributed by atoms with Gasteiger partial charge in [-0.3, -0.25) is 9.59 Å². The van der Waals surface area contributed by atoms with Gasteiger partial charge in [-0.25, -0.2) is 4.79 Å². The number of carboxylic acid groups (broad SMARTS) is 1. The Bertz CT molecular complexity index is 732. The Morgan fingerprint density at radius 2 is 1.40 bits per heavy atom. The zero-order valence-corrected chi connectivity index (χ0v) is 25.4. The van der Waals surface area contributed by atoms with E-state index in [0.29, 0.717) is 38.6 Å². The Hall–Kier alpha value is -2.41. The molecule has 0 aliphatic carbocycles. The minimum atomic E-state index is -1.02. The largest absolute Gasteiger partial charge is 0.480 e. The molecule has 0 aromatic carbocycles. The number of allylic oxidation sites excluding steroid dienone is 4. The van der Waals surface area contributed by atoms with Gasteiger partial charge in [-0.2, -0.15) is 0 Å². The monoisotopic (exact) mass is 562 g/mol. The summed E-state index contributed by atoms with van der Waals surface area (Å²) < 4.78 is 5.73. The predicted molar refractivity (Wildman–Crippen MR) is 165 cm³/mol. The fourth-order valence-corrected chi connectivity index (χ4v) is 4.29. The molecule has 40 heavy (non-hydrogen) atoms. The zero-order valence-electron chi connectivity index (χ0n) is 25.4. The average molecular weight is 563 g/mol. The molecule has 2 atom stereocenters. The Morgan fingerprint density at radius 3 is 2.05 bits per heavy atom.